The Morgan fingerprint density at radius 3 is 2.75 bits per heavy atom. The lowest BCUT2D eigenvalue weighted by Gasteiger charge is -2.21. The summed E-state index contributed by atoms with van der Waals surface area (Å²) in [4.78, 5) is 12.7. The molecule has 1 unspecified atom stereocenters. The zero-order valence-electron chi connectivity index (χ0n) is 11.0. The van der Waals surface area contributed by atoms with Crippen molar-refractivity contribution < 1.29 is 18.3 Å². The van der Waals surface area contributed by atoms with Crippen LogP contribution >= 0.6 is 0 Å². The average molecular weight is 298 g/mol. The Kier molecular flexibility index (Phi) is 4.29. The van der Waals surface area contributed by atoms with E-state index in [0.29, 0.717) is 18.7 Å². The molecule has 2 rings (SSSR count). The van der Waals surface area contributed by atoms with Crippen LogP contribution in [-0.4, -0.2) is 32.6 Å². The highest BCUT2D eigenvalue weighted by Gasteiger charge is 2.26. The summed E-state index contributed by atoms with van der Waals surface area (Å²) < 4.78 is 23.2. The van der Waals surface area contributed by atoms with Gasteiger partial charge < -0.3 is 10.0 Å². The van der Waals surface area contributed by atoms with E-state index in [0.717, 1.165) is 13.0 Å². The number of sulfonamides is 1. The van der Waals surface area contributed by atoms with Crippen LogP contribution in [0.3, 0.4) is 0 Å². The first-order valence-electron chi connectivity index (χ1n) is 6.46. The Labute approximate surface area is 118 Å². The number of aliphatic carboxylic acids is 1. The molecule has 1 saturated heterocycles. The number of hydrogen-bond donors (Lipinski definition) is 2. The number of benzene rings is 1. The van der Waals surface area contributed by atoms with E-state index >= 15 is 0 Å². The highest BCUT2D eigenvalue weighted by atomic mass is 32.2. The van der Waals surface area contributed by atoms with Crippen molar-refractivity contribution in [2.45, 2.75) is 24.2 Å². The van der Waals surface area contributed by atoms with Gasteiger partial charge in [0.15, 0.2) is 0 Å². The van der Waals surface area contributed by atoms with E-state index in [4.69, 9.17) is 10.2 Å². The molecule has 7 heteroatoms. The average Bonchev–Trinajstić information content (AvgIpc) is 2.84. The SMILES string of the molecule is NS(=O)(=O)c1ccccc1N1CCC(CCC(=O)O)C1. The van der Waals surface area contributed by atoms with Gasteiger partial charge in [-0.25, -0.2) is 13.6 Å². The number of carboxylic acids is 1. The third-order valence-electron chi connectivity index (χ3n) is 3.56. The molecule has 1 fully saturated rings. The standard InChI is InChI=1S/C13H18N2O4S/c14-20(18,19)12-4-2-1-3-11(12)15-8-7-10(9-15)5-6-13(16)17/h1-4,10H,5-9H2,(H,16,17)(H2,14,18,19). The molecule has 3 N–H and O–H groups in total. The number of primary sulfonamides is 1. The van der Waals surface area contributed by atoms with Gasteiger partial charge in [-0.3, -0.25) is 4.79 Å². The second-order valence-corrected chi connectivity index (χ2v) is 6.58. The van der Waals surface area contributed by atoms with Gasteiger partial charge in [0, 0.05) is 19.5 Å². The Bertz CT molecular complexity index is 600. The summed E-state index contributed by atoms with van der Waals surface area (Å²) in [6.45, 7) is 1.39. The van der Waals surface area contributed by atoms with Gasteiger partial charge in [0.25, 0.3) is 0 Å². The fraction of sp³-hybridized carbons (Fsp3) is 0.462. The van der Waals surface area contributed by atoms with Crippen molar-refractivity contribution in [3.63, 3.8) is 0 Å². The van der Waals surface area contributed by atoms with Crippen LogP contribution in [-0.2, 0) is 14.8 Å². The van der Waals surface area contributed by atoms with Crippen molar-refractivity contribution >= 4 is 21.7 Å². The van der Waals surface area contributed by atoms with Crippen LogP contribution in [0.5, 0.6) is 0 Å². The third kappa shape index (κ3) is 3.49. The lowest BCUT2D eigenvalue weighted by Crippen LogP contribution is -2.24. The number of para-hydroxylation sites is 1. The Morgan fingerprint density at radius 1 is 1.40 bits per heavy atom. The first-order valence-corrected chi connectivity index (χ1v) is 8.01. The van der Waals surface area contributed by atoms with Crippen LogP contribution in [0.25, 0.3) is 0 Å². The van der Waals surface area contributed by atoms with E-state index in [-0.39, 0.29) is 17.2 Å². The number of nitrogens with two attached hydrogens (primary N) is 1. The van der Waals surface area contributed by atoms with Crippen LogP contribution in [0, 0.1) is 5.92 Å². The highest BCUT2D eigenvalue weighted by Crippen LogP contribution is 2.30. The molecule has 0 saturated carbocycles. The van der Waals surface area contributed by atoms with Gasteiger partial charge >= 0.3 is 5.97 Å². The van der Waals surface area contributed by atoms with Gasteiger partial charge in [-0.15, -0.1) is 0 Å². The Balaban J connectivity index is 2.13. The number of carbonyl (C=O) groups is 1. The zero-order chi connectivity index (χ0) is 14.8. The topological polar surface area (TPSA) is 101 Å². The summed E-state index contributed by atoms with van der Waals surface area (Å²) in [5, 5.41) is 13.9. The molecule has 0 radical (unpaired) electrons. The molecule has 0 spiro atoms. The predicted octanol–water partition coefficient (Wildman–Crippen LogP) is 1.03. The number of anilines is 1. The third-order valence-corrected chi connectivity index (χ3v) is 4.52. The van der Waals surface area contributed by atoms with E-state index < -0.39 is 16.0 Å². The summed E-state index contributed by atoms with van der Waals surface area (Å²) in [6.07, 6.45) is 1.63. The second kappa shape index (κ2) is 5.80. The number of rotatable bonds is 5. The van der Waals surface area contributed by atoms with E-state index in [1.54, 1.807) is 18.2 Å². The van der Waals surface area contributed by atoms with Crippen molar-refractivity contribution in [2.24, 2.45) is 11.1 Å². The molecule has 0 bridgehead atoms. The smallest absolute Gasteiger partial charge is 0.303 e. The van der Waals surface area contributed by atoms with Crippen molar-refractivity contribution in [3.05, 3.63) is 24.3 Å². The van der Waals surface area contributed by atoms with Crippen LogP contribution in [0.1, 0.15) is 19.3 Å². The Morgan fingerprint density at radius 2 is 2.10 bits per heavy atom. The minimum absolute atomic E-state index is 0.124. The maximum atomic E-state index is 11.6. The number of hydrogen-bond acceptors (Lipinski definition) is 4. The van der Waals surface area contributed by atoms with Crippen LogP contribution < -0.4 is 10.0 Å². The maximum absolute atomic E-state index is 11.6. The number of nitrogens with zero attached hydrogens (tertiary/aromatic N) is 1. The van der Waals surface area contributed by atoms with Crippen molar-refractivity contribution in [1.82, 2.24) is 0 Å². The van der Waals surface area contributed by atoms with E-state index in [2.05, 4.69) is 0 Å². The molecule has 1 aliphatic rings. The Hall–Kier alpha value is -1.60. The van der Waals surface area contributed by atoms with Gasteiger partial charge in [0.05, 0.1) is 5.69 Å². The molecule has 1 heterocycles. The molecular weight excluding hydrogens is 280 g/mol. The largest absolute Gasteiger partial charge is 0.481 e. The van der Waals surface area contributed by atoms with E-state index in [1.807, 2.05) is 4.90 Å². The first-order chi connectivity index (χ1) is 9.38. The predicted molar refractivity (Wildman–Crippen MR) is 75.0 cm³/mol. The minimum atomic E-state index is -3.75. The molecule has 1 aromatic rings. The first kappa shape index (κ1) is 14.8. The molecular formula is C13H18N2O4S. The van der Waals surface area contributed by atoms with Gasteiger partial charge in [0.1, 0.15) is 4.90 Å². The maximum Gasteiger partial charge on any atom is 0.303 e. The second-order valence-electron chi connectivity index (χ2n) is 5.05. The van der Waals surface area contributed by atoms with Gasteiger partial charge in [-0.1, -0.05) is 12.1 Å². The number of carboxylic acid groups (broad SMARTS) is 1. The molecule has 1 aliphatic heterocycles. The van der Waals surface area contributed by atoms with Crippen molar-refractivity contribution in [3.8, 4) is 0 Å². The van der Waals surface area contributed by atoms with Crippen molar-refractivity contribution in [1.29, 1.82) is 0 Å². The summed E-state index contributed by atoms with van der Waals surface area (Å²) in [7, 11) is -3.75. The van der Waals surface area contributed by atoms with Crippen molar-refractivity contribution in [2.75, 3.05) is 18.0 Å². The van der Waals surface area contributed by atoms with Crippen LogP contribution in [0.4, 0.5) is 5.69 Å². The molecule has 20 heavy (non-hydrogen) atoms. The van der Waals surface area contributed by atoms with Crippen LogP contribution in [0.2, 0.25) is 0 Å². The fourth-order valence-electron chi connectivity index (χ4n) is 2.57. The lowest BCUT2D eigenvalue weighted by atomic mass is 10.0. The van der Waals surface area contributed by atoms with E-state index in [9.17, 15) is 13.2 Å². The van der Waals surface area contributed by atoms with Crippen LogP contribution in [0.15, 0.2) is 29.2 Å². The molecule has 6 nitrogen and oxygen atoms in total. The minimum Gasteiger partial charge on any atom is -0.481 e. The molecule has 110 valence electrons. The highest BCUT2D eigenvalue weighted by molar-refractivity contribution is 7.89. The molecule has 0 amide bonds. The molecule has 1 aromatic carbocycles. The fourth-order valence-corrected chi connectivity index (χ4v) is 3.33. The van der Waals surface area contributed by atoms with Gasteiger partial charge in [-0.05, 0) is 30.9 Å². The van der Waals surface area contributed by atoms with Gasteiger partial charge in [0.2, 0.25) is 10.0 Å². The molecule has 1 atom stereocenters. The molecule has 0 aliphatic carbocycles. The summed E-state index contributed by atoms with van der Waals surface area (Å²) >= 11 is 0. The monoisotopic (exact) mass is 298 g/mol. The summed E-state index contributed by atoms with van der Waals surface area (Å²) in [5.74, 6) is -0.520. The molecule has 0 aromatic heterocycles. The lowest BCUT2D eigenvalue weighted by molar-refractivity contribution is -0.137. The summed E-state index contributed by atoms with van der Waals surface area (Å²) in [5.41, 5.74) is 0.604. The zero-order valence-corrected chi connectivity index (χ0v) is 11.8. The quantitative estimate of drug-likeness (QED) is 0.845. The summed E-state index contributed by atoms with van der Waals surface area (Å²) in [6, 6.07) is 6.64. The van der Waals surface area contributed by atoms with Gasteiger partial charge in [-0.2, -0.15) is 0 Å². The van der Waals surface area contributed by atoms with E-state index in [1.165, 1.54) is 6.07 Å². The normalized spacial score (nSPS) is 19.2.